The van der Waals surface area contributed by atoms with Gasteiger partial charge in [-0.15, -0.1) is 0 Å². The van der Waals surface area contributed by atoms with Crippen LogP contribution in [0.4, 0.5) is 0 Å². The smallest absolute Gasteiger partial charge is 0.147 e. The summed E-state index contributed by atoms with van der Waals surface area (Å²) in [6.07, 6.45) is -0.573. The van der Waals surface area contributed by atoms with E-state index >= 15 is 0 Å². The number of aliphatic hydroxyl groups is 1. The summed E-state index contributed by atoms with van der Waals surface area (Å²) in [6.45, 7) is 5.39. The van der Waals surface area contributed by atoms with E-state index in [2.05, 4.69) is 10.1 Å². The Balaban J connectivity index is 2.28. The minimum Gasteiger partial charge on any atom is -0.389 e. The van der Waals surface area contributed by atoms with E-state index < -0.39 is 6.10 Å². The van der Waals surface area contributed by atoms with E-state index in [1.54, 1.807) is 11.8 Å². The minimum atomic E-state index is -0.573. The highest BCUT2D eigenvalue weighted by Crippen LogP contribution is 1.98. The number of methoxy groups -OCH3 is 1. The Morgan fingerprint density at radius 1 is 1.38 bits per heavy atom. The number of ether oxygens (including phenoxy) is 2. The molecule has 1 aromatic rings. The SMILES string of the molecule is COCCOCC(O)Cn1nc(C)nc1C. The summed E-state index contributed by atoms with van der Waals surface area (Å²) in [4.78, 5) is 4.15. The van der Waals surface area contributed by atoms with Gasteiger partial charge in [0.05, 0.1) is 32.5 Å². The van der Waals surface area contributed by atoms with Crippen molar-refractivity contribution in [2.45, 2.75) is 26.5 Å². The second-order valence-electron chi connectivity index (χ2n) is 3.61. The summed E-state index contributed by atoms with van der Waals surface area (Å²) >= 11 is 0. The zero-order valence-corrected chi connectivity index (χ0v) is 10.0. The van der Waals surface area contributed by atoms with Gasteiger partial charge in [0.15, 0.2) is 0 Å². The van der Waals surface area contributed by atoms with Gasteiger partial charge in [-0.05, 0) is 13.8 Å². The average molecular weight is 229 g/mol. The van der Waals surface area contributed by atoms with Crippen LogP contribution in [0, 0.1) is 13.8 Å². The van der Waals surface area contributed by atoms with Crippen LogP contribution < -0.4 is 0 Å². The summed E-state index contributed by atoms with van der Waals surface area (Å²) in [7, 11) is 1.61. The van der Waals surface area contributed by atoms with Crippen molar-refractivity contribution in [2.24, 2.45) is 0 Å². The molecule has 0 aromatic carbocycles. The lowest BCUT2D eigenvalue weighted by Crippen LogP contribution is -2.24. The van der Waals surface area contributed by atoms with Crippen molar-refractivity contribution in [1.82, 2.24) is 14.8 Å². The van der Waals surface area contributed by atoms with Gasteiger partial charge in [0.2, 0.25) is 0 Å². The second kappa shape index (κ2) is 6.57. The molecule has 0 spiro atoms. The van der Waals surface area contributed by atoms with E-state index in [0.29, 0.717) is 25.6 Å². The number of aliphatic hydroxyl groups excluding tert-OH is 1. The van der Waals surface area contributed by atoms with Gasteiger partial charge in [-0.3, -0.25) is 0 Å². The zero-order chi connectivity index (χ0) is 12.0. The van der Waals surface area contributed by atoms with Gasteiger partial charge in [-0.25, -0.2) is 9.67 Å². The third-order valence-corrected chi connectivity index (χ3v) is 2.09. The molecule has 6 heteroatoms. The molecule has 0 radical (unpaired) electrons. The van der Waals surface area contributed by atoms with Crippen molar-refractivity contribution in [3.05, 3.63) is 11.6 Å². The molecule has 16 heavy (non-hydrogen) atoms. The standard InChI is InChI=1S/C10H19N3O3/c1-8-11-9(2)13(12-8)6-10(14)7-16-5-4-15-3/h10,14H,4-7H2,1-3H3. The number of aromatic nitrogens is 3. The first kappa shape index (κ1) is 13.1. The van der Waals surface area contributed by atoms with E-state index in [9.17, 15) is 5.11 Å². The fourth-order valence-electron chi connectivity index (χ4n) is 1.35. The third-order valence-electron chi connectivity index (χ3n) is 2.09. The van der Waals surface area contributed by atoms with Gasteiger partial charge in [-0.1, -0.05) is 0 Å². The van der Waals surface area contributed by atoms with Crippen molar-refractivity contribution in [1.29, 1.82) is 0 Å². The van der Waals surface area contributed by atoms with Crippen LogP contribution in [0.15, 0.2) is 0 Å². The number of hydrogen-bond acceptors (Lipinski definition) is 5. The van der Waals surface area contributed by atoms with Crippen LogP contribution in [0.2, 0.25) is 0 Å². The molecule has 0 amide bonds. The van der Waals surface area contributed by atoms with Gasteiger partial charge in [0.1, 0.15) is 11.6 Å². The number of hydrogen-bond donors (Lipinski definition) is 1. The van der Waals surface area contributed by atoms with Crippen LogP contribution in [0.3, 0.4) is 0 Å². The quantitative estimate of drug-likeness (QED) is 0.662. The van der Waals surface area contributed by atoms with E-state index in [1.807, 2.05) is 13.8 Å². The van der Waals surface area contributed by atoms with Gasteiger partial charge in [-0.2, -0.15) is 5.10 Å². The zero-order valence-electron chi connectivity index (χ0n) is 10.0. The Bertz CT molecular complexity index is 314. The highest BCUT2D eigenvalue weighted by Gasteiger charge is 2.09. The van der Waals surface area contributed by atoms with Crippen LogP contribution in [0.1, 0.15) is 11.6 Å². The first-order chi connectivity index (χ1) is 7.63. The minimum absolute atomic E-state index is 0.279. The molecule has 1 atom stereocenters. The first-order valence-electron chi connectivity index (χ1n) is 5.26. The maximum atomic E-state index is 9.68. The molecule has 0 bridgehead atoms. The second-order valence-corrected chi connectivity index (χ2v) is 3.61. The number of rotatable bonds is 7. The van der Waals surface area contributed by atoms with Crippen molar-refractivity contribution < 1.29 is 14.6 Å². The molecule has 0 saturated heterocycles. The largest absolute Gasteiger partial charge is 0.389 e. The molecule has 1 rings (SSSR count). The summed E-state index contributed by atoms with van der Waals surface area (Å²) in [6, 6.07) is 0. The molecule has 0 fully saturated rings. The predicted octanol–water partition coefficient (Wildman–Crippen LogP) is -0.0812. The molecular formula is C10H19N3O3. The van der Waals surface area contributed by atoms with E-state index in [-0.39, 0.29) is 6.61 Å². The van der Waals surface area contributed by atoms with Crippen molar-refractivity contribution in [3.63, 3.8) is 0 Å². The predicted molar refractivity (Wildman–Crippen MR) is 58.2 cm³/mol. The highest BCUT2D eigenvalue weighted by atomic mass is 16.5. The van der Waals surface area contributed by atoms with Crippen LogP contribution >= 0.6 is 0 Å². The summed E-state index contributed by atoms with van der Waals surface area (Å²) < 4.78 is 11.7. The van der Waals surface area contributed by atoms with Crippen LogP contribution in [0.25, 0.3) is 0 Å². The lowest BCUT2D eigenvalue weighted by Gasteiger charge is -2.11. The topological polar surface area (TPSA) is 69.4 Å². The maximum absolute atomic E-state index is 9.68. The third kappa shape index (κ3) is 4.26. The Kier molecular flexibility index (Phi) is 5.37. The lowest BCUT2D eigenvalue weighted by molar-refractivity contribution is 0.00569. The van der Waals surface area contributed by atoms with Crippen molar-refractivity contribution >= 4 is 0 Å². The summed E-state index contributed by atoms with van der Waals surface area (Å²) in [5.74, 6) is 1.51. The van der Waals surface area contributed by atoms with E-state index in [0.717, 1.165) is 5.82 Å². The van der Waals surface area contributed by atoms with E-state index in [4.69, 9.17) is 9.47 Å². The molecule has 0 aliphatic carbocycles. The molecule has 1 heterocycles. The van der Waals surface area contributed by atoms with Crippen molar-refractivity contribution in [3.8, 4) is 0 Å². The Morgan fingerprint density at radius 2 is 2.12 bits per heavy atom. The fraction of sp³-hybridized carbons (Fsp3) is 0.800. The summed E-state index contributed by atoms with van der Waals surface area (Å²) in [5.41, 5.74) is 0. The Labute approximate surface area is 95.2 Å². The van der Waals surface area contributed by atoms with Crippen LogP contribution in [-0.4, -0.2) is 52.9 Å². The Hall–Kier alpha value is -0.980. The summed E-state index contributed by atoms with van der Waals surface area (Å²) in [5, 5.41) is 13.8. The lowest BCUT2D eigenvalue weighted by atomic mass is 10.4. The van der Waals surface area contributed by atoms with Gasteiger partial charge >= 0.3 is 0 Å². The number of nitrogens with zero attached hydrogens (tertiary/aromatic N) is 3. The first-order valence-corrected chi connectivity index (χ1v) is 5.26. The number of aryl methyl sites for hydroxylation is 2. The molecule has 6 nitrogen and oxygen atoms in total. The normalized spacial score (nSPS) is 13.0. The molecule has 1 N–H and O–H groups in total. The van der Waals surface area contributed by atoms with Crippen LogP contribution in [-0.2, 0) is 16.0 Å². The van der Waals surface area contributed by atoms with Crippen LogP contribution in [0.5, 0.6) is 0 Å². The highest BCUT2D eigenvalue weighted by molar-refractivity contribution is 4.87. The monoisotopic (exact) mass is 229 g/mol. The Morgan fingerprint density at radius 3 is 2.69 bits per heavy atom. The van der Waals surface area contributed by atoms with Gasteiger partial charge < -0.3 is 14.6 Å². The molecule has 92 valence electrons. The van der Waals surface area contributed by atoms with Crippen molar-refractivity contribution in [2.75, 3.05) is 26.9 Å². The molecule has 1 aromatic heterocycles. The molecular weight excluding hydrogens is 210 g/mol. The molecule has 0 saturated carbocycles. The van der Waals surface area contributed by atoms with E-state index in [1.165, 1.54) is 0 Å². The molecule has 1 unspecified atom stereocenters. The maximum Gasteiger partial charge on any atom is 0.147 e. The molecule has 0 aliphatic heterocycles. The average Bonchev–Trinajstić information content (AvgIpc) is 2.52. The fourth-order valence-corrected chi connectivity index (χ4v) is 1.35. The molecule has 0 aliphatic rings. The van der Waals surface area contributed by atoms with Gasteiger partial charge in [0.25, 0.3) is 0 Å². The van der Waals surface area contributed by atoms with Gasteiger partial charge in [0, 0.05) is 7.11 Å².